The molecule has 5 heteroatoms. The van der Waals surface area contributed by atoms with E-state index in [-0.39, 0.29) is 17.9 Å². The van der Waals surface area contributed by atoms with Gasteiger partial charge in [-0.2, -0.15) is 0 Å². The van der Waals surface area contributed by atoms with E-state index in [0.29, 0.717) is 18.3 Å². The van der Waals surface area contributed by atoms with Crippen molar-refractivity contribution in [2.24, 2.45) is 11.8 Å². The molecule has 2 saturated heterocycles. The Balaban J connectivity index is 1.93. The molecule has 132 valence electrons. The molecule has 23 heavy (non-hydrogen) atoms. The third-order valence-corrected chi connectivity index (χ3v) is 5.62. The van der Waals surface area contributed by atoms with E-state index in [0.717, 1.165) is 58.4 Å². The molecule has 2 aliphatic heterocycles. The van der Waals surface area contributed by atoms with Gasteiger partial charge in [0.15, 0.2) is 0 Å². The minimum Gasteiger partial charge on any atom is -0.341 e. The van der Waals surface area contributed by atoms with Crippen molar-refractivity contribution in [1.29, 1.82) is 0 Å². The normalized spacial score (nSPS) is 23.8. The summed E-state index contributed by atoms with van der Waals surface area (Å²) in [6, 6.07) is -0.220. The minimum absolute atomic E-state index is 0.135. The second kappa shape index (κ2) is 8.67. The number of piperidine rings is 1. The molecule has 0 aliphatic carbocycles. The van der Waals surface area contributed by atoms with Crippen LogP contribution in [0.15, 0.2) is 0 Å². The van der Waals surface area contributed by atoms with E-state index in [4.69, 9.17) is 0 Å². The smallest absolute Gasteiger partial charge is 0.245 e. The van der Waals surface area contributed by atoms with E-state index >= 15 is 0 Å². The van der Waals surface area contributed by atoms with Crippen LogP contribution in [-0.4, -0.2) is 60.4 Å². The largest absolute Gasteiger partial charge is 0.341 e. The van der Waals surface area contributed by atoms with Gasteiger partial charge in [-0.1, -0.05) is 6.92 Å². The van der Waals surface area contributed by atoms with Crippen LogP contribution in [0.25, 0.3) is 0 Å². The molecule has 1 N–H and O–H groups in total. The van der Waals surface area contributed by atoms with Crippen molar-refractivity contribution in [1.82, 2.24) is 15.1 Å². The van der Waals surface area contributed by atoms with Crippen LogP contribution in [0, 0.1) is 11.8 Å². The maximum absolute atomic E-state index is 12.8. The molecule has 2 aliphatic rings. The molecule has 2 fully saturated rings. The van der Waals surface area contributed by atoms with Gasteiger partial charge in [-0.3, -0.25) is 9.59 Å². The molecule has 0 bridgehead atoms. The summed E-state index contributed by atoms with van der Waals surface area (Å²) in [4.78, 5) is 29.1. The Bertz CT molecular complexity index is 403. The Morgan fingerprint density at radius 3 is 2.43 bits per heavy atom. The highest BCUT2D eigenvalue weighted by Crippen LogP contribution is 2.27. The van der Waals surface area contributed by atoms with E-state index in [9.17, 15) is 9.59 Å². The fourth-order valence-electron chi connectivity index (χ4n) is 4.04. The molecule has 2 rings (SSSR count). The predicted molar refractivity (Wildman–Crippen MR) is 92.0 cm³/mol. The summed E-state index contributed by atoms with van der Waals surface area (Å²) >= 11 is 0. The van der Waals surface area contributed by atoms with Crippen LogP contribution in [0.5, 0.6) is 0 Å². The zero-order valence-corrected chi connectivity index (χ0v) is 15.0. The summed E-state index contributed by atoms with van der Waals surface area (Å²) in [5.74, 6) is 1.36. The van der Waals surface area contributed by atoms with Gasteiger partial charge in [0.05, 0.1) is 0 Å². The molecular weight excluding hydrogens is 290 g/mol. The van der Waals surface area contributed by atoms with Crippen molar-refractivity contribution in [2.45, 2.75) is 58.9 Å². The van der Waals surface area contributed by atoms with Gasteiger partial charge in [0.1, 0.15) is 6.04 Å². The van der Waals surface area contributed by atoms with Crippen LogP contribution in [0.4, 0.5) is 0 Å². The molecule has 0 aromatic carbocycles. The van der Waals surface area contributed by atoms with Crippen molar-refractivity contribution in [3.63, 3.8) is 0 Å². The second-order valence-electron chi connectivity index (χ2n) is 7.02. The van der Waals surface area contributed by atoms with E-state index in [1.54, 1.807) is 0 Å². The molecule has 5 nitrogen and oxygen atoms in total. The lowest BCUT2D eigenvalue weighted by molar-refractivity contribution is -0.144. The molecule has 2 unspecified atom stereocenters. The number of carbonyl (C=O) groups excluding carboxylic acids is 2. The van der Waals surface area contributed by atoms with Crippen LogP contribution in [0.1, 0.15) is 52.9 Å². The van der Waals surface area contributed by atoms with E-state index in [1.807, 2.05) is 23.6 Å². The maximum atomic E-state index is 12.8. The van der Waals surface area contributed by atoms with Crippen LogP contribution in [0.2, 0.25) is 0 Å². The zero-order valence-electron chi connectivity index (χ0n) is 15.0. The maximum Gasteiger partial charge on any atom is 0.245 e. The van der Waals surface area contributed by atoms with Crippen molar-refractivity contribution in [2.75, 3.05) is 32.7 Å². The molecule has 0 spiro atoms. The van der Waals surface area contributed by atoms with E-state index in [2.05, 4.69) is 12.2 Å². The lowest BCUT2D eigenvalue weighted by atomic mass is 9.84. The predicted octanol–water partition coefficient (Wildman–Crippen LogP) is 1.87. The summed E-state index contributed by atoms with van der Waals surface area (Å²) in [7, 11) is 0. The van der Waals surface area contributed by atoms with Gasteiger partial charge in [-0.25, -0.2) is 0 Å². The fraction of sp³-hybridized carbons (Fsp3) is 0.889. The molecule has 0 radical (unpaired) electrons. The topological polar surface area (TPSA) is 52.7 Å². The Hall–Kier alpha value is -1.10. The lowest BCUT2D eigenvalue weighted by Crippen LogP contribution is -2.48. The Kier molecular flexibility index (Phi) is 6.88. The quantitative estimate of drug-likeness (QED) is 0.812. The SMILES string of the molecule is CCN(CC)C(=O)C1CCCN1C(=O)CC(C)C1CCNCC1. The number of rotatable bonds is 6. The van der Waals surface area contributed by atoms with Gasteiger partial charge in [-0.05, 0) is 64.5 Å². The van der Waals surface area contributed by atoms with E-state index in [1.165, 1.54) is 0 Å². The third kappa shape index (κ3) is 4.46. The zero-order chi connectivity index (χ0) is 16.8. The van der Waals surface area contributed by atoms with Gasteiger partial charge in [0.2, 0.25) is 11.8 Å². The summed E-state index contributed by atoms with van der Waals surface area (Å²) in [6.07, 6.45) is 4.69. The standard InChI is InChI=1S/C18H33N3O2/c1-4-20(5-2)18(23)16-7-6-12-21(16)17(22)13-14(3)15-8-10-19-11-9-15/h14-16,19H,4-13H2,1-3H3. The fourth-order valence-corrected chi connectivity index (χ4v) is 4.04. The number of amides is 2. The van der Waals surface area contributed by atoms with Gasteiger partial charge in [0.25, 0.3) is 0 Å². The number of hydrogen-bond donors (Lipinski definition) is 1. The molecule has 0 aromatic heterocycles. The number of nitrogens with zero attached hydrogens (tertiary/aromatic N) is 2. The van der Waals surface area contributed by atoms with Gasteiger partial charge in [-0.15, -0.1) is 0 Å². The Morgan fingerprint density at radius 1 is 1.17 bits per heavy atom. The minimum atomic E-state index is -0.220. The van der Waals surface area contributed by atoms with Crippen molar-refractivity contribution in [3.05, 3.63) is 0 Å². The summed E-state index contributed by atoms with van der Waals surface area (Å²) in [5.41, 5.74) is 0. The first-order valence-electron chi connectivity index (χ1n) is 9.37. The van der Waals surface area contributed by atoms with Crippen LogP contribution >= 0.6 is 0 Å². The monoisotopic (exact) mass is 323 g/mol. The highest BCUT2D eigenvalue weighted by Gasteiger charge is 2.36. The van der Waals surface area contributed by atoms with E-state index < -0.39 is 0 Å². The van der Waals surface area contributed by atoms with Gasteiger partial charge in [0, 0.05) is 26.1 Å². The first kappa shape index (κ1) is 18.2. The van der Waals surface area contributed by atoms with Crippen LogP contribution in [0.3, 0.4) is 0 Å². The number of likely N-dealkylation sites (N-methyl/N-ethyl adjacent to an activating group) is 1. The molecule has 0 saturated carbocycles. The first-order valence-corrected chi connectivity index (χ1v) is 9.37. The molecule has 0 aromatic rings. The molecular formula is C18H33N3O2. The number of likely N-dealkylation sites (tertiary alicyclic amines) is 1. The van der Waals surface area contributed by atoms with Crippen molar-refractivity contribution < 1.29 is 9.59 Å². The third-order valence-electron chi connectivity index (χ3n) is 5.62. The summed E-state index contributed by atoms with van der Waals surface area (Å²) in [5, 5.41) is 3.38. The van der Waals surface area contributed by atoms with Gasteiger partial charge < -0.3 is 15.1 Å². The number of nitrogens with one attached hydrogen (secondary N) is 1. The number of carbonyl (C=O) groups is 2. The number of hydrogen-bond acceptors (Lipinski definition) is 3. The molecule has 2 amide bonds. The molecule has 2 atom stereocenters. The summed E-state index contributed by atoms with van der Waals surface area (Å²) < 4.78 is 0. The Morgan fingerprint density at radius 2 is 1.83 bits per heavy atom. The van der Waals surface area contributed by atoms with Crippen LogP contribution in [-0.2, 0) is 9.59 Å². The highest BCUT2D eigenvalue weighted by molar-refractivity contribution is 5.88. The Labute approximate surface area is 140 Å². The van der Waals surface area contributed by atoms with Gasteiger partial charge >= 0.3 is 0 Å². The second-order valence-corrected chi connectivity index (χ2v) is 7.02. The average molecular weight is 323 g/mol. The average Bonchev–Trinajstić information content (AvgIpc) is 3.06. The van der Waals surface area contributed by atoms with Crippen LogP contribution < -0.4 is 5.32 Å². The lowest BCUT2D eigenvalue weighted by Gasteiger charge is -2.32. The van der Waals surface area contributed by atoms with Crippen molar-refractivity contribution in [3.8, 4) is 0 Å². The molecule has 2 heterocycles. The first-order chi connectivity index (χ1) is 11.1. The highest BCUT2D eigenvalue weighted by atomic mass is 16.2. The summed E-state index contributed by atoms with van der Waals surface area (Å²) in [6.45, 7) is 10.5. The van der Waals surface area contributed by atoms with Crippen molar-refractivity contribution >= 4 is 11.8 Å².